The van der Waals surface area contributed by atoms with E-state index in [1.807, 2.05) is 0 Å². The molecule has 2 aliphatic rings. The molecule has 2 nitrogen and oxygen atoms in total. The highest BCUT2D eigenvalue weighted by Crippen LogP contribution is 2.40. The largest absolute Gasteiger partial charge is 0.328 e. The maximum absolute atomic E-state index is 6.01. The van der Waals surface area contributed by atoms with Gasteiger partial charge in [-0.2, -0.15) is 0 Å². The summed E-state index contributed by atoms with van der Waals surface area (Å²) in [4.78, 5) is 2.72. The van der Waals surface area contributed by atoms with Crippen LogP contribution in [-0.4, -0.2) is 29.6 Å². The normalized spacial score (nSPS) is 42.0. The zero-order valence-corrected chi connectivity index (χ0v) is 10.5. The van der Waals surface area contributed by atoms with Crippen molar-refractivity contribution in [1.29, 1.82) is 0 Å². The lowest BCUT2D eigenvalue weighted by Crippen LogP contribution is -2.49. The predicted molar refractivity (Wildman–Crippen MR) is 64.8 cm³/mol. The van der Waals surface area contributed by atoms with E-state index in [-0.39, 0.29) is 0 Å². The van der Waals surface area contributed by atoms with Gasteiger partial charge in [0.2, 0.25) is 0 Å². The van der Waals surface area contributed by atoms with Crippen molar-refractivity contribution in [2.45, 2.75) is 71.0 Å². The molecule has 2 N–H and O–H groups in total. The lowest BCUT2D eigenvalue weighted by Gasteiger charge is -2.40. The van der Waals surface area contributed by atoms with Gasteiger partial charge in [-0.25, -0.2) is 0 Å². The molecule has 0 radical (unpaired) electrons. The summed E-state index contributed by atoms with van der Waals surface area (Å²) in [6.07, 6.45) is 6.56. The number of likely N-dealkylation sites (tertiary alicyclic amines) is 1. The Balaban J connectivity index is 1.94. The molecule has 2 heteroatoms. The highest BCUT2D eigenvalue weighted by molar-refractivity contribution is 4.92. The first-order valence-corrected chi connectivity index (χ1v) is 6.49. The standard InChI is InChI=1S/C13H26N2/c1-10-8-11(14)5-7-15(10)12-4-6-13(2,3)9-12/h10-12H,4-9,14H2,1-3H3. The molecule has 0 amide bonds. The highest BCUT2D eigenvalue weighted by atomic mass is 15.2. The van der Waals surface area contributed by atoms with Gasteiger partial charge in [0.1, 0.15) is 0 Å². The third-order valence-electron chi connectivity index (χ3n) is 4.38. The minimum Gasteiger partial charge on any atom is -0.328 e. The lowest BCUT2D eigenvalue weighted by atomic mass is 9.90. The van der Waals surface area contributed by atoms with Gasteiger partial charge in [-0.05, 0) is 44.4 Å². The molecular weight excluding hydrogens is 184 g/mol. The highest BCUT2D eigenvalue weighted by Gasteiger charge is 2.37. The molecule has 15 heavy (non-hydrogen) atoms. The molecule has 1 saturated heterocycles. The van der Waals surface area contributed by atoms with Gasteiger partial charge in [0.15, 0.2) is 0 Å². The summed E-state index contributed by atoms with van der Waals surface area (Å²) in [7, 11) is 0. The maximum atomic E-state index is 6.01. The summed E-state index contributed by atoms with van der Waals surface area (Å²) in [6.45, 7) is 8.40. The first-order valence-electron chi connectivity index (χ1n) is 6.49. The Hall–Kier alpha value is -0.0800. The molecule has 88 valence electrons. The van der Waals surface area contributed by atoms with Crippen LogP contribution < -0.4 is 5.73 Å². The van der Waals surface area contributed by atoms with Gasteiger partial charge in [0.05, 0.1) is 0 Å². The lowest BCUT2D eigenvalue weighted by molar-refractivity contribution is 0.0927. The minimum absolute atomic E-state index is 0.450. The van der Waals surface area contributed by atoms with Gasteiger partial charge in [-0.3, -0.25) is 4.90 Å². The van der Waals surface area contributed by atoms with Crippen LogP contribution in [0.2, 0.25) is 0 Å². The van der Waals surface area contributed by atoms with Crippen LogP contribution in [0.3, 0.4) is 0 Å². The van der Waals surface area contributed by atoms with Crippen LogP contribution in [0.4, 0.5) is 0 Å². The van der Waals surface area contributed by atoms with E-state index in [1.54, 1.807) is 0 Å². The summed E-state index contributed by atoms with van der Waals surface area (Å²) in [6, 6.07) is 1.99. The van der Waals surface area contributed by atoms with E-state index in [9.17, 15) is 0 Å². The van der Waals surface area contributed by atoms with Gasteiger partial charge in [-0.15, -0.1) is 0 Å². The molecule has 0 aromatic carbocycles. The average molecular weight is 210 g/mol. The van der Waals surface area contributed by atoms with Crippen molar-refractivity contribution < 1.29 is 0 Å². The number of piperidine rings is 1. The van der Waals surface area contributed by atoms with E-state index in [1.165, 1.54) is 38.6 Å². The average Bonchev–Trinajstić information content (AvgIpc) is 2.46. The molecule has 1 saturated carbocycles. The first-order chi connectivity index (χ1) is 6.98. The Morgan fingerprint density at radius 2 is 2.00 bits per heavy atom. The van der Waals surface area contributed by atoms with Crippen LogP contribution in [0.25, 0.3) is 0 Å². The molecule has 3 unspecified atom stereocenters. The van der Waals surface area contributed by atoms with Gasteiger partial charge in [0, 0.05) is 24.7 Å². The molecule has 0 aromatic rings. The molecule has 0 aromatic heterocycles. The van der Waals surface area contributed by atoms with Crippen LogP contribution in [0, 0.1) is 5.41 Å². The molecule has 0 bridgehead atoms. The van der Waals surface area contributed by atoms with Crippen LogP contribution in [0.1, 0.15) is 52.9 Å². The Morgan fingerprint density at radius 1 is 1.27 bits per heavy atom. The molecule has 1 aliphatic heterocycles. The first kappa shape index (κ1) is 11.4. The van der Waals surface area contributed by atoms with Crippen molar-refractivity contribution in [2.24, 2.45) is 11.1 Å². The molecule has 0 spiro atoms. The van der Waals surface area contributed by atoms with Crippen molar-refractivity contribution in [2.75, 3.05) is 6.54 Å². The van der Waals surface area contributed by atoms with Crippen LogP contribution in [-0.2, 0) is 0 Å². The van der Waals surface area contributed by atoms with Gasteiger partial charge >= 0.3 is 0 Å². The third kappa shape index (κ3) is 2.54. The molecule has 1 heterocycles. The predicted octanol–water partition coefficient (Wildman–Crippen LogP) is 2.38. The Labute approximate surface area is 94.2 Å². The second kappa shape index (κ2) is 4.06. The zero-order chi connectivity index (χ0) is 11.1. The molecule has 1 aliphatic carbocycles. The molecule has 3 atom stereocenters. The Kier molecular flexibility index (Phi) is 3.09. The van der Waals surface area contributed by atoms with Gasteiger partial charge in [0.25, 0.3) is 0 Å². The summed E-state index contributed by atoms with van der Waals surface area (Å²) >= 11 is 0. The third-order valence-corrected chi connectivity index (χ3v) is 4.38. The SMILES string of the molecule is CC1CC(N)CCN1C1CCC(C)(C)C1. The fraction of sp³-hybridized carbons (Fsp3) is 1.00. The second-order valence-corrected chi connectivity index (χ2v) is 6.43. The number of rotatable bonds is 1. The fourth-order valence-corrected chi connectivity index (χ4v) is 3.45. The van der Waals surface area contributed by atoms with Crippen molar-refractivity contribution in [3.05, 3.63) is 0 Å². The van der Waals surface area contributed by atoms with Crippen molar-refractivity contribution in [1.82, 2.24) is 4.90 Å². The maximum Gasteiger partial charge on any atom is 0.0103 e. The molecule has 2 fully saturated rings. The van der Waals surface area contributed by atoms with Crippen LogP contribution in [0.5, 0.6) is 0 Å². The van der Waals surface area contributed by atoms with Crippen LogP contribution >= 0.6 is 0 Å². The van der Waals surface area contributed by atoms with E-state index in [0.29, 0.717) is 17.5 Å². The number of hydrogen-bond acceptors (Lipinski definition) is 2. The van der Waals surface area contributed by atoms with Crippen molar-refractivity contribution in [3.8, 4) is 0 Å². The Morgan fingerprint density at radius 3 is 2.53 bits per heavy atom. The number of nitrogens with two attached hydrogens (primary N) is 1. The minimum atomic E-state index is 0.450. The summed E-state index contributed by atoms with van der Waals surface area (Å²) in [5.41, 5.74) is 6.59. The summed E-state index contributed by atoms with van der Waals surface area (Å²) in [5.74, 6) is 0. The van der Waals surface area contributed by atoms with E-state index in [4.69, 9.17) is 5.73 Å². The number of nitrogens with zero attached hydrogens (tertiary/aromatic N) is 1. The van der Waals surface area contributed by atoms with Crippen molar-refractivity contribution in [3.63, 3.8) is 0 Å². The Bertz CT molecular complexity index is 225. The van der Waals surface area contributed by atoms with E-state index >= 15 is 0 Å². The number of hydrogen-bond donors (Lipinski definition) is 1. The quantitative estimate of drug-likeness (QED) is 0.720. The zero-order valence-electron chi connectivity index (χ0n) is 10.5. The van der Waals surface area contributed by atoms with E-state index in [0.717, 1.165) is 6.04 Å². The van der Waals surface area contributed by atoms with Crippen LogP contribution in [0.15, 0.2) is 0 Å². The molecule has 2 rings (SSSR count). The smallest absolute Gasteiger partial charge is 0.0103 e. The topological polar surface area (TPSA) is 29.3 Å². The monoisotopic (exact) mass is 210 g/mol. The van der Waals surface area contributed by atoms with E-state index in [2.05, 4.69) is 25.7 Å². The summed E-state index contributed by atoms with van der Waals surface area (Å²) < 4.78 is 0. The van der Waals surface area contributed by atoms with Gasteiger partial charge in [-0.1, -0.05) is 13.8 Å². The fourth-order valence-electron chi connectivity index (χ4n) is 3.45. The summed E-state index contributed by atoms with van der Waals surface area (Å²) in [5, 5.41) is 0. The second-order valence-electron chi connectivity index (χ2n) is 6.43. The van der Waals surface area contributed by atoms with Gasteiger partial charge < -0.3 is 5.73 Å². The van der Waals surface area contributed by atoms with Crippen molar-refractivity contribution >= 4 is 0 Å². The molecular formula is C13H26N2. The van der Waals surface area contributed by atoms with E-state index < -0.39 is 0 Å².